The molecule has 2 aromatic rings. The summed E-state index contributed by atoms with van der Waals surface area (Å²) in [5, 5.41) is 11.3. The number of nitrogens with two attached hydrogens (primary N) is 1. The maximum Gasteiger partial charge on any atom is 0.326 e. The van der Waals surface area contributed by atoms with Crippen molar-refractivity contribution < 1.29 is 24.2 Å². The van der Waals surface area contributed by atoms with Gasteiger partial charge in [0.1, 0.15) is 18.4 Å². The first-order valence-corrected chi connectivity index (χ1v) is 7.54. The van der Waals surface area contributed by atoms with Crippen LogP contribution in [0.15, 0.2) is 54.6 Å². The van der Waals surface area contributed by atoms with Crippen LogP contribution in [0.1, 0.15) is 22.3 Å². The van der Waals surface area contributed by atoms with Gasteiger partial charge in [0.05, 0.1) is 6.42 Å². The number of carboxylic acid groups (broad SMARTS) is 1. The number of hydrogen-bond donors (Lipinski definition) is 3. The summed E-state index contributed by atoms with van der Waals surface area (Å²) in [7, 11) is 0. The van der Waals surface area contributed by atoms with E-state index in [-0.39, 0.29) is 5.56 Å². The molecule has 0 heterocycles. The monoisotopic (exact) mass is 342 g/mol. The Balaban J connectivity index is 2.02. The average molecular weight is 342 g/mol. The Hall–Kier alpha value is -3.35. The highest BCUT2D eigenvalue weighted by molar-refractivity contribution is 5.97. The molecule has 130 valence electrons. The molecule has 0 fully saturated rings. The van der Waals surface area contributed by atoms with Crippen molar-refractivity contribution in [3.05, 3.63) is 65.7 Å². The van der Waals surface area contributed by atoms with Gasteiger partial charge in [0.15, 0.2) is 0 Å². The van der Waals surface area contributed by atoms with Crippen molar-refractivity contribution in [3.63, 3.8) is 0 Å². The van der Waals surface area contributed by atoms with Crippen molar-refractivity contribution in [1.82, 2.24) is 5.32 Å². The first kappa shape index (κ1) is 18.0. The fraction of sp³-hybridized carbons (Fsp3) is 0.167. The number of rotatable bonds is 8. The van der Waals surface area contributed by atoms with Crippen molar-refractivity contribution in [2.45, 2.75) is 19.1 Å². The maximum absolute atomic E-state index is 12.2. The topological polar surface area (TPSA) is 119 Å². The van der Waals surface area contributed by atoms with E-state index in [9.17, 15) is 14.4 Å². The highest BCUT2D eigenvalue weighted by Crippen LogP contribution is 2.15. The molecule has 2 aromatic carbocycles. The molecule has 0 aromatic heterocycles. The molecule has 4 N–H and O–H groups in total. The lowest BCUT2D eigenvalue weighted by Gasteiger charge is -2.13. The number of benzene rings is 2. The molecule has 0 radical (unpaired) electrons. The lowest BCUT2D eigenvalue weighted by molar-refractivity contribution is -0.140. The predicted molar refractivity (Wildman–Crippen MR) is 89.9 cm³/mol. The quantitative estimate of drug-likeness (QED) is 0.668. The number of carboxylic acids is 1. The molecular weight excluding hydrogens is 324 g/mol. The number of aliphatic carboxylic acids is 1. The highest BCUT2D eigenvalue weighted by Gasteiger charge is 2.22. The zero-order valence-corrected chi connectivity index (χ0v) is 13.3. The van der Waals surface area contributed by atoms with Crippen LogP contribution >= 0.6 is 0 Å². The van der Waals surface area contributed by atoms with Crippen LogP contribution in [0.2, 0.25) is 0 Å². The average Bonchev–Trinajstić information content (AvgIpc) is 2.60. The molecule has 25 heavy (non-hydrogen) atoms. The van der Waals surface area contributed by atoms with Crippen LogP contribution in [0.3, 0.4) is 0 Å². The third kappa shape index (κ3) is 5.65. The Labute approximate surface area is 144 Å². The van der Waals surface area contributed by atoms with Gasteiger partial charge in [-0.1, -0.05) is 36.4 Å². The maximum atomic E-state index is 12.2. The van der Waals surface area contributed by atoms with Crippen LogP contribution in [0, 0.1) is 0 Å². The number of amides is 2. The van der Waals surface area contributed by atoms with E-state index < -0.39 is 30.2 Å². The van der Waals surface area contributed by atoms with Gasteiger partial charge < -0.3 is 20.9 Å². The normalized spacial score (nSPS) is 11.4. The Morgan fingerprint density at radius 2 is 1.80 bits per heavy atom. The van der Waals surface area contributed by atoms with Gasteiger partial charge in [-0.15, -0.1) is 0 Å². The Morgan fingerprint density at radius 1 is 1.08 bits per heavy atom. The molecule has 0 spiro atoms. The molecule has 0 aliphatic carbocycles. The zero-order chi connectivity index (χ0) is 18.2. The minimum absolute atomic E-state index is 0.223. The lowest BCUT2D eigenvalue weighted by atomic mass is 10.1. The molecule has 0 unspecified atom stereocenters. The third-order valence-corrected chi connectivity index (χ3v) is 3.35. The second kappa shape index (κ2) is 8.49. The first-order chi connectivity index (χ1) is 12.0. The molecule has 2 rings (SSSR count). The predicted octanol–water partition coefficient (Wildman–Crippen LogP) is 1.32. The van der Waals surface area contributed by atoms with Crippen molar-refractivity contribution >= 4 is 17.8 Å². The van der Waals surface area contributed by atoms with E-state index in [2.05, 4.69) is 5.32 Å². The Morgan fingerprint density at radius 3 is 2.44 bits per heavy atom. The van der Waals surface area contributed by atoms with Gasteiger partial charge in [-0.2, -0.15) is 0 Å². The van der Waals surface area contributed by atoms with Gasteiger partial charge in [0.25, 0.3) is 5.91 Å². The van der Waals surface area contributed by atoms with E-state index in [1.54, 1.807) is 12.1 Å². The molecule has 0 aliphatic rings. The fourth-order valence-electron chi connectivity index (χ4n) is 2.11. The van der Waals surface area contributed by atoms with Crippen molar-refractivity contribution in [3.8, 4) is 5.75 Å². The summed E-state index contributed by atoms with van der Waals surface area (Å²) < 4.78 is 5.63. The van der Waals surface area contributed by atoms with Crippen LogP contribution < -0.4 is 15.8 Å². The van der Waals surface area contributed by atoms with E-state index >= 15 is 0 Å². The summed E-state index contributed by atoms with van der Waals surface area (Å²) in [6.07, 6.45) is -0.481. The van der Waals surface area contributed by atoms with Gasteiger partial charge in [-0.3, -0.25) is 9.59 Å². The summed E-state index contributed by atoms with van der Waals surface area (Å²) in [5.41, 5.74) is 6.19. The van der Waals surface area contributed by atoms with Crippen LogP contribution in [0.5, 0.6) is 5.75 Å². The van der Waals surface area contributed by atoms with Gasteiger partial charge in [0, 0.05) is 5.56 Å². The smallest absolute Gasteiger partial charge is 0.326 e. The molecule has 7 heteroatoms. The fourth-order valence-corrected chi connectivity index (χ4v) is 2.11. The molecular formula is C18H18N2O5. The number of hydrogen-bond acceptors (Lipinski definition) is 4. The zero-order valence-electron chi connectivity index (χ0n) is 13.3. The second-order valence-electron chi connectivity index (χ2n) is 5.34. The summed E-state index contributed by atoms with van der Waals surface area (Å²) in [6, 6.07) is 14.5. The van der Waals surface area contributed by atoms with Crippen LogP contribution in [-0.2, 0) is 16.2 Å². The van der Waals surface area contributed by atoms with E-state index in [4.69, 9.17) is 15.6 Å². The number of primary amides is 1. The molecule has 2 amide bonds. The molecule has 0 bridgehead atoms. The number of nitrogens with one attached hydrogen (secondary N) is 1. The van der Waals surface area contributed by atoms with Crippen LogP contribution in [-0.4, -0.2) is 28.9 Å². The number of ether oxygens (including phenoxy) is 1. The molecule has 0 saturated heterocycles. The molecule has 7 nitrogen and oxygen atoms in total. The van der Waals surface area contributed by atoms with Gasteiger partial charge in [0.2, 0.25) is 5.91 Å². The third-order valence-electron chi connectivity index (χ3n) is 3.35. The summed E-state index contributed by atoms with van der Waals surface area (Å²) >= 11 is 0. The molecule has 0 aliphatic heterocycles. The summed E-state index contributed by atoms with van der Waals surface area (Å²) in [5.74, 6) is -2.30. The SMILES string of the molecule is NC(=O)C[C@H](NC(=O)c1cccc(OCc2ccccc2)c1)C(=O)O. The lowest BCUT2D eigenvalue weighted by Crippen LogP contribution is -2.43. The Bertz CT molecular complexity index is 761. The largest absolute Gasteiger partial charge is 0.489 e. The minimum atomic E-state index is -1.38. The van der Waals surface area contributed by atoms with Gasteiger partial charge >= 0.3 is 5.97 Å². The van der Waals surface area contributed by atoms with Crippen LogP contribution in [0.25, 0.3) is 0 Å². The highest BCUT2D eigenvalue weighted by atomic mass is 16.5. The van der Waals surface area contributed by atoms with Crippen molar-refractivity contribution in [2.24, 2.45) is 5.73 Å². The standard InChI is InChI=1S/C18H18N2O5/c19-16(21)10-15(18(23)24)20-17(22)13-7-4-8-14(9-13)25-11-12-5-2-1-3-6-12/h1-9,15H,10-11H2,(H2,19,21)(H,20,22)(H,23,24)/t15-/m0/s1. The first-order valence-electron chi connectivity index (χ1n) is 7.54. The van der Waals surface area contributed by atoms with Gasteiger partial charge in [-0.25, -0.2) is 4.79 Å². The Kier molecular flexibility index (Phi) is 6.11. The van der Waals surface area contributed by atoms with Crippen molar-refractivity contribution in [1.29, 1.82) is 0 Å². The molecule has 0 saturated carbocycles. The van der Waals surface area contributed by atoms with E-state index in [0.29, 0.717) is 12.4 Å². The summed E-state index contributed by atoms with van der Waals surface area (Å²) in [4.78, 5) is 34.2. The van der Waals surface area contributed by atoms with E-state index in [1.807, 2.05) is 30.3 Å². The number of carbonyl (C=O) groups is 3. The van der Waals surface area contributed by atoms with Crippen molar-refractivity contribution in [2.75, 3.05) is 0 Å². The van der Waals surface area contributed by atoms with E-state index in [0.717, 1.165) is 5.56 Å². The van der Waals surface area contributed by atoms with E-state index in [1.165, 1.54) is 12.1 Å². The molecule has 1 atom stereocenters. The summed E-state index contributed by atoms with van der Waals surface area (Å²) in [6.45, 7) is 0.339. The van der Waals surface area contributed by atoms with Gasteiger partial charge in [-0.05, 0) is 23.8 Å². The van der Waals surface area contributed by atoms with Crippen LogP contribution in [0.4, 0.5) is 0 Å². The minimum Gasteiger partial charge on any atom is -0.489 e. The number of carbonyl (C=O) groups excluding carboxylic acids is 2. The second-order valence-corrected chi connectivity index (χ2v) is 5.34.